The normalized spacial score (nSPS) is 19.8. The minimum Gasteiger partial charge on any atom is -0.378 e. The van der Waals surface area contributed by atoms with E-state index in [1.54, 1.807) is 6.33 Å². The van der Waals surface area contributed by atoms with E-state index in [1.807, 2.05) is 37.4 Å². The number of nitrogens with zero attached hydrogens (tertiary/aromatic N) is 5. The number of aromatic nitrogens is 5. The molecule has 1 unspecified atom stereocenters. The van der Waals surface area contributed by atoms with Crippen LogP contribution in [0.3, 0.4) is 0 Å². The number of pyridine rings is 1. The predicted octanol–water partition coefficient (Wildman–Crippen LogP) is 4.67. The molecule has 0 bridgehead atoms. The number of hydrogen-bond acceptors (Lipinski definition) is 5. The van der Waals surface area contributed by atoms with Crippen molar-refractivity contribution in [1.29, 1.82) is 0 Å². The Morgan fingerprint density at radius 1 is 1.17 bits per heavy atom. The Morgan fingerprint density at radius 3 is 2.90 bits per heavy atom. The van der Waals surface area contributed by atoms with E-state index in [0.29, 0.717) is 17.5 Å². The predicted molar refractivity (Wildman–Crippen MR) is 113 cm³/mol. The van der Waals surface area contributed by atoms with E-state index in [9.17, 15) is 0 Å². The van der Waals surface area contributed by atoms with Gasteiger partial charge in [0.2, 0.25) is 0 Å². The summed E-state index contributed by atoms with van der Waals surface area (Å²) in [5.41, 5.74) is 4.82. The van der Waals surface area contributed by atoms with Gasteiger partial charge in [-0.05, 0) is 51.0 Å². The van der Waals surface area contributed by atoms with E-state index >= 15 is 0 Å². The van der Waals surface area contributed by atoms with E-state index in [2.05, 4.69) is 26.4 Å². The molecule has 0 aliphatic carbocycles. The fourth-order valence-corrected chi connectivity index (χ4v) is 4.46. The first kappa shape index (κ1) is 18.5. The highest BCUT2D eigenvalue weighted by Gasteiger charge is 2.26. The largest absolute Gasteiger partial charge is 0.378 e. The third-order valence-corrected chi connectivity index (χ3v) is 5.81. The van der Waals surface area contributed by atoms with Crippen molar-refractivity contribution < 1.29 is 4.74 Å². The highest BCUT2D eigenvalue weighted by Crippen LogP contribution is 2.34. The van der Waals surface area contributed by atoms with Crippen molar-refractivity contribution in [2.45, 2.75) is 45.3 Å². The van der Waals surface area contributed by atoms with Crippen LogP contribution in [0.25, 0.3) is 21.9 Å². The molecule has 4 heterocycles. The molecule has 0 N–H and O–H groups in total. The molecular weight excluding hydrogens is 386 g/mol. The third kappa shape index (κ3) is 3.47. The molecule has 0 spiro atoms. The Labute approximate surface area is 173 Å². The van der Waals surface area contributed by atoms with Gasteiger partial charge in [-0.3, -0.25) is 4.98 Å². The summed E-state index contributed by atoms with van der Waals surface area (Å²) in [4.78, 5) is 18.2. The quantitative estimate of drug-likeness (QED) is 0.493. The first-order valence-corrected chi connectivity index (χ1v) is 10.3. The monoisotopic (exact) mass is 407 g/mol. The number of imidazole rings is 1. The van der Waals surface area contributed by atoms with Crippen molar-refractivity contribution >= 4 is 33.5 Å². The minimum atomic E-state index is 0.219. The fraction of sp³-hybridized carbons (Fsp3) is 0.364. The van der Waals surface area contributed by atoms with Gasteiger partial charge >= 0.3 is 0 Å². The summed E-state index contributed by atoms with van der Waals surface area (Å²) in [5.74, 6) is 0.992. The van der Waals surface area contributed by atoms with Gasteiger partial charge in [0.25, 0.3) is 0 Å². The molecule has 1 aliphatic rings. The minimum absolute atomic E-state index is 0.219. The van der Waals surface area contributed by atoms with Gasteiger partial charge in [-0.25, -0.2) is 15.0 Å². The zero-order chi connectivity index (χ0) is 20.0. The van der Waals surface area contributed by atoms with Crippen LogP contribution >= 0.6 is 11.6 Å². The van der Waals surface area contributed by atoms with Gasteiger partial charge in [0.15, 0.2) is 0 Å². The van der Waals surface area contributed by atoms with E-state index in [-0.39, 0.29) is 6.10 Å². The first-order chi connectivity index (χ1) is 14.1. The first-order valence-electron chi connectivity index (χ1n) is 9.92. The standard InChI is InChI=1S/C22H22ClN5O/c1-13-7-16(26-12-25-13)10-21-27-20-11-24-19-4-3-15(23)9-18(19)22(20)28(21)17-5-6-29-14(2)8-17/h3-4,7,9,11-12,14,17H,5-6,8,10H2,1-2H3/t14-,17?/m1/s1. The SMILES string of the molecule is Cc1cc(Cc2nc3cnc4ccc(Cl)cc4c3n2C2CCO[C@H](C)C2)ncn1. The molecule has 1 aromatic carbocycles. The molecule has 7 heteroatoms. The van der Waals surface area contributed by atoms with Crippen molar-refractivity contribution in [2.75, 3.05) is 6.61 Å². The smallest absolute Gasteiger partial charge is 0.116 e. The number of halogens is 1. The molecule has 0 saturated carbocycles. The zero-order valence-corrected chi connectivity index (χ0v) is 17.2. The number of hydrogen-bond donors (Lipinski definition) is 0. The van der Waals surface area contributed by atoms with Gasteiger partial charge in [-0.1, -0.05) is 11.6 Å². The Bertz CT molecular complexity index is 1200. The number of rotatable bonds is 3. The van der Waals surface area contributed by atoms with Crippen LogP contribution in [0.1, 0.15) is 43.0 Å². The van der Waals surface area contributed by atoms with E-state index in [4.69, 9.17) is 21.3 Å². The van der Waals surface area contributed by atoms with Gasteiger partial charge in [-0.2, -0.15) is 0 Å². The molecule has 29 heavy (non-hydrogen) atoms. The summed E-state index contributed by atoms with van der Waals surface area (Å²) in [7, 11) is 0. The van der Waals surface area contributed by atoms with Crippen molar-refractivity contribution in [3.8, 4) is 0 Å². The summed E-state index contributed by atoms with van der Waals surface area (Å²) in [6.45, 7) is 4.87. The highest BCUT2D eigenvalue weighted by atomic mass is 35.5. The zero-order valence-electron chi connectivity index (χ0n) is 16.5. The van der Waals surface area contributed by atoms with Crippen LogP contribution in [0.5, 0.6) is 0 Å². The molecule has 6 nitrogen and oxygen atoms in total. The Morgan fingerprint density at radius 2 is 2.07 bits per heavy atom. The summed E-state index contributed by atoms with van der Waals surface area (Å²) >= 11 is 6.34. The Balaban J connectivity index is 1.74. The van der Waals surface area contributed by atoms with Gasteiger partial charge in [0.1, 0.15) is 17.7 Å². The number of ether oxygens (including phenoxy) is 1. The number of benzene rings is 1. The van der Waals surface area contributed by atoms with E-state index in [0.717, 1.165) is 58.6 Å². The molecule has 148 valence electrons. The molecular formula is C22H22ClN5O. The fourth-order valence-electron chi connectivity index (χ4n) is 4.29. The van der Waals surface area contributed by atoms with Crippen LogP contribution in [0.15, 0.2) is 36.8 Å². The van der Waals surface area contributed by atoms with Gasteiger partial charge in [0.05, 0.1) is 29.0 Å². The summed E-state index contributed by atoms with van der Waals surface area (Å²) < 4.78 is 8.19. The van der Waals surface area contributed by atoms with Crippen molar-refractivity contribution in [3.63, 3.8) is 0 Å². The van der Waals surface area contributed by atoms with Gasteiger partial charge < -0.3 is 9.30 Å². The lowest BCUT2D eigenvalue weighted by molar-refractivity contribution is 0.00631. The second-order valence-electron chi connectivity index (χ2n) is 7.74. The molecule has 1 aliphatic heterocycles. The lowest BCUT2D eigenvalue weighted by Crippen LogP contribution is -2.26. The third-order valence-electron chi connectivity index (χ3n) is 5.57. The van der Waals surface area contributed by atoms with Crippen LogP contribution in [0.2, 0.25) is 5.02 Å². The average molecular weight is 408 g/mol. The van der Waals surface area contributed by atoms with Crippen molar-refractivity contribution in [2.24, 2.45) is 0 Å². The van der Waals surface area contributed by atoms with Crippen molar-refractivity contribution in [3.05, 3.63) is 59.0 Å². The molecule has 1 saturated heterocycles. The van der Waals surface area contributed by atoms with Gasteiger partial charge in [0, 0.05) is 35.2 Å². The molecule has 0 radical (unpaired) electrons. The highest BCUT2D eigenvalue weighted by molar-refractivity contribution is 6.31. The van der Waals surface area contributed by atoms with Gasteiger partial charge in [-0.15, -0.1) is 0 Å². The second kappa shape index (κ2) is 7.35. The maximum atomic E-state index is 6.34. The lowest BCUT2D eigenvalue weighted by Gasteiger charge is -2.30. The van der Waals surface area contributed by atoms with Crippen LogP contribution in [0, 0.1) is 6.92 Å². The van der Waals surface area contributed by atoms with Crippen LogP contribution < -0.4 is 0 Å². The van der Waals surface area contributed by atoms with Crippen LogP contribution in [0.4, 0.5) is 0 Å². The summed E-state index contributed by atoms with van der Waals surface area (Å²) in [6.07, 6.45) is 6.25. The topological polar surface area (TPSA) is 65.7 Å². The number of aryl methyl sites for hydroxylation is 1. The van der Waals surface area contributed by atoms with Crippen LogP contribution in [-0.2, 0) is 11.2 Å². The maximum absolute atomic E-state index is 6.34. The van der Waals surface area contributed by atoms with E-state index in [1.165, 1.54) is 0 Å². The lowest BCUT2D eigenvalue weighted by atomic mass is 10.0. The van der Waals surface area contributed by atoms with E-state index < -0.39 is 0 Å². The summed E-state index contributed by atoms with van der Waals surface area (Å²) in [5, 5.41) is 1.74. The summed E-state index contributed by atoms with van der Waals surface area (Å²) in [6, 6.07) is 8.17. The van der Waals surface area contributed by atoms with Crippen molar-refractivity contribution in [1.82, 2.24) is 24.5 Å². The maximum Gasteiger partial charge on any atom is 0.116 e. The Hall–Kier alpha value is -2.57. The molecule has 1 fully saturated rings. The van der Waals surface area contributed by atoms with Crippen LogP contribution in [-0.4, -0.2) is 37.2 Å². The molecule has 3 aromatic heterocycles. The average Bonchev–Trinajstić information content (AvgIpc) is 3.06. The molecule has 2 atom stereocenters. The molecule has 0 amide bonds. The molecule has 4 aromatic rings. The second-order valence-corrected chi connectivity index (χ2v) is 8.18. The molecule has 5 rings (SSSR count). The number of fused-ring (bicyclic) bond motifs is 3. The Kier molecular flexibility index (Phi) is 4.68.